The summed E-state index contributed by atoms with van der Waals surface area (Å²) in [6.45, 7) is 0. The van der Waals surface area contributed by atoms with Crippen LogP contribution in [0.25, 0.3) is 20.9 Å². The third-order valence-electron chi connectivity index (χ3n) is 1.93. The van der Waals surface area contributed by atoms with E-state index in [1.165, 1.54) is 0 Å². The molecule has 1 fully saturated rings. The first-order chi connectivity index (χ1) is 5.79. The molecule has 0 aromatic rings. The molecule has 1 aliphatic carbocycles. The highest BCUT2D eigenvalue weighted by atomic mass is 16.3. The normalized spacial score (nSPS) is 33.6. The van der Waals surface area contributed by atoms with Gasteiger partial charge in [-0.15, -0.1) is 0 Å². The second-order valence-corrected chi connectivity index (χ2v) is 2.61. The molecule has 0 spiro atoms. The molecular formula is C5H8N6O. The van der Waals surface area contributed by atoms with Crippen molar-refractivity contribution in [3.05, 3.63) is 20.9 Å². The van der Waals surface area contributed by atoms with Gasteiger partial charge in [0.25, 0.3) is 0 Å². The van der Waals surface area contributed by atoms with Gasteiger partial charge in [-0.3, -0.25) is 0 Å². The molecule has 0 saturated heterocycles. The quantitative estimate of drug-likeness (QED) is 0.375. The minimum atomic E-state index is -0.670. The van der Waals surface area contributed by atoms with Gasteiger partial charge in [-0.1, -0.05) is 10.2 Å². The monoisotopic (exact) mass is 168 g/mol. The first-order valence-corrected chi connectivity index (χ1v) is 3.56. The lowest BCUT2D eigenvalue weighted by Gasteiger charge is -2.10. The smallest absolute Gasteiger partial charge is 0.0717 e. The lowest BCUT2D eigenvalue weighted by molar-refractivity contribution is 0.162. The maximum absolute atomic E-state index is 9.27. The minimum absolute atomic E-state index is 0.388. The summed E-state index contributed by atoms with van der Waals surface area (Å²) in [7, 11) is 0. The summed E-state index contributed by atoms with van der Waals surface area (Å²) in [6.07, 6.45) is 0.429. The molecule has 0 amide bonds. The van der Waals surface area contributed by atoms with Gasteiger partial charge in [0, 0.05) is 15.9 Å². The van der Waals surface area contributed by atoms with Crippen molar-refractivity contribution >= 4 is 0 Å². The number of hydrogen-bond donors (Lipinski definition) is 1. The molecule has 0 aromatic carbocycles. The molecule has 0 radical (unpaired) electrons. The maximum Gasteiger partial charge on any atom is 0.0717 e. The van der Waals surface area contributed by atoms with Crippen molar-refractivity contribution in [2.75, 3.05) is 0 Å². The van der Waals surface area contributed by atoms with Gasteiger partial charge in [0.05, 0.1) is 12.1 Å². The largest absolute Gasteiger partial charge is 0.393 e. The van der Waals surface area contributed by atoms with Crippen LogP contribution in [0.2, 0.25) is 0 Å². The molecule has 0 bridgehead atoms. The van der Waals surface area contributed by atoms with Gasteiger partial charge in [-0.25, -0.2) is 0 Å². The molecule has 1 rings (SSSR count). The van der Waals surface area contributed by atoms with Crippen molar-refractivity contribution in [2.45, 2.75) is 31.0 Å². The number of aliphatic hydroxyl groups is 1. The summed E-state index contributed by atoms with van der Waals surface area (Å²) in [5, 5.41) is 16.1. The van der Waals surface area contributed by atoms with Crippen LogP contribution < -0.4 is 0 Å². The Hall–Kier alpha value is -1.42. The molecule has 12 heavy (non-hydrogen) atoms. The van der Waals surface area contributed by atoms with Gasteiger partial charge >= 0.3 is 0 Å². The average molecular weight is 168 g/mol. The van der Waals surface area contributed by atoms with Gasteiger partial charge < -0.3 is 5.11 Å². The zero-order valence-electron chi connectivity index (χ0n) is 6.28. The predicted molar refractivity (Wildman–Crippen MR) is 41.1 cm³/mol. The maximum atomic E-state index is 9.27. The van der Waals surface area contributed by atoms with Gasteiger partial charge in [-0.2, -0.15) is 0 Å². The summed E-state index contributed by atoms with van der Waals surface area (Å²) >= 11 is 0. The Bertz CT molecular complexity index is 253. The fourth-order valence-electron chi connectivity index (χ4n) is 1.35. The van der Waals surface area contributed by atoms with Crippen molar-refractivity contribution in [3.8, 4) is 0 Å². The van der Waals surface area contributed by atoms with E-state index in [2.05, 4.69) is 20.1 Å². The first kappa shape index (κ1) is 8.67. The Balaban J connectivity index is 2.76. The Morgan fingerprint density at radius 2 is 1.83 bits per heavy atom. The molecule has 1 N–H and O–H groups in total. The summed E-state index contributed by atoms with van der Waals surface area (Å²) in [5.74, 6) is 0. The molecule has 1 saturated carbocycles. The lowest BCUT2D eigenvalue weighted by atomic mass is 10.2. The van der Waals surface area contributed by atoms with E-state index in [1.807, 2.05) is 0 Å². The SMILES string of the molecule is [N-]=[N+]=N[C@H]1[C@@H](N=[N+]=[N-])CC[C@@H]1O. The number of nitrogens with zero attached hydrogens (tertiary/aromatic N) is 6. The Morgan fingerprint density at radius 3 is 2.42 bits per heavy atom. The van der Waals surface area contributed by atoms with Gasteiger partial charge in [-0.05, 0) is 23.9 Å². The zero-order chi connectivity index (χ0) is 8.97. The minimum Gasteiger partial charge on any atom is -0.393 e. The second-order valence-electron chi connectivity index (χ2n) is 2.61. The summed E-state index contributed by atoms with van der Waals surface area (Å²) < 4.78 is 0. The lowest BCUT2D eigenvalue weighted by Crippen LogP contribution is -2.24. The molecule has 0 aromatic heterocycles. The van der Waals surface area contributed by atoms with E-state index in [4.69, 9.17) is 11.1 Å². The van der Waals surface area contributed by atoms with Crippen LogP contribution in [0.3, 0.4) is 0 Å². The van der Waals surface area contributed by atoms with E-state index >= 15 is 0 Å². The molecule has 7 nitrogen and oxygen atoms in total. The van der Waals surface area contributed by atoms with Crippen LogP contribution in [-0.2, 0) is 0 Å². The zero-order valence-corrected chi connectivity index (χ0v) is 6.28. The van der Waals surface area contributed by atoms with Crippen molar-refractivity contribution in [1.29, 1.82) is 0 Å². The number of aliphatic hydroxyl groups excluding tert-OH is 1. The van der Waals surface area contributed by atoms with Crippen molar-refractivity contribution in [3.63, 3.8) is 0 Å². The van der Waals surface area contributed by atoms with Crippen LogP contribution in [0.4, 0.5) is 0 Å². The summed E-state index contributed by atoms with van der Waals surface area (Å²) in [5.41, 5.74) is 16.3. The third-order valence-corrected chi connectivity index (χ3v) is 1.93. The molecular weight excluding hydrogens is 160 g/mol. The van der Waals surface area contributed by atoms with E-state index in [0.717, 1.165) is 0 Å². The van der Waals surface area contributed by atoms with Crippen molar-refractivity contribution < 1.29 is 5.11 Å². The molecule has 0 heterocycles. The Morgan fingerprint density at radius 1 is 1.17 bits per heavy atom. The molecule has 64 valence electrons. The Kier molecular flexibility index (Phi) is 2.76. The van der Waals surface area contributed by atoms with Crippen LogP contribution in [0.1, 0.15) is 12.8 Å². The molecule has 0 aliphatic heterocycles. The fourth-order valence-corrected chi connectivity index (χ4v) is 1.35. The Labute approximate surface area is 68.3 Å². The number of hydrogen-bond acceptors (Lipinski definition) is 3. The van der Waals surface area contributed by atoms with E-state index in [0.29, 0.717) is 12.8 Å². The summed E-state index contributed by atoms with van der Waals surface area (Å²) in [6, 6.07) is -0.980. The third kappa shape index (κ3) is 1.60. The highest BCUT2D eigenvalue weighted by Gasteiger charge is 2.33. The number of rotatable bonds is 2. The molecule has 1 aliphatic rings. The van der Waals surface area contributed by atoms with Crippen molar-refractivity contribution in [2.24, 2.45) is 10.2 Å². The first-order valence-electron chi connectivity index (χ1n) is 3.56. The van der Waals surface area contributed by atoms with E-state index in [1.54, 1.807) is 0 Å². The van der Waals surface area contributed by atoms with Gasteiger partial charge in [0.15, 0.2) is 0 Å². The topological polar surface area (TPSA) is 118 Å². The predicted octanol–water partition coefficient (Wildman–Crippen LogP) is 1.50. The fraction of sp³-hybridized carbons (Fsp3) is 1.00. The van der Waals surface area contributed by atoms with Crippen LogP contribution in [0, 0.1) is 0 Å². The highest BCUT2D eigenvalue weighted by molar-refractivity contribution is 4.95. The summed E-state index contributed by atoms with van der Waals surface area (Å²) in [4.78, 5) is 5.20. The van der Waals surface area contributed by atoms with Crippen LogP contribution >= 0.6 is 0 Å². The number of azide groups is 2. The second kappa shape index (κ2) is 3.82. The van der Waals surface area contributed by atoms with E-state index in [-0.39, 0.29) is 6.04 Å². The van der Waals surface area contributed by atoms with Gasteiger partial charge in [0.1, 0.15) is 0 Å². The van der Waals surface area contributed by atoms with Crippen LogP contribution in [-0.4, -0.2) is 23.3 Å². The standard InChI is InChI=1S/C5H8N6O/c6-10-8-3-1-2-4(12)5(3)9-11-7/h3-5,12H,1-2H2/t3-,4-,5-/m0/s1. The molecule has 0 unspecified atom stereocenters. The molecule has 3 atom stereocenters. The van der Waals surface area contributed by atoms with Crippen molar-refractivity contribution in [1.82, 2.24) is 0 Å². The van der Waals surface area contributed by atoms with E-state index in [9.17, 15) is 5.11 Å². The van der Waals surface area contributed by atoms with Crippen LogP contribution in [0.15, 0.2) is 10.2 Å². The average Bonchev–Trinajstić information content (AvgIpc) is 2.37. The van der Waals surface area contributed by atoms with E-state index < -0.39 is 12.1 Å². The molecule has 7 heteroatoms. The van der Waals surface area contributed by atoms with Crippen LogP contribution in [0.5, 0.6) is 0 Å². The van der Waals surface area contributed by atoms with Gasteiger partial charge in [0.2, 0.25) is 0 Å². The highest BCUT2D eigenvalue weighted by Crippen LogP contribution is 2.25.